The minimum Gasteiger partial charge on any atom is -0.343 e. The number of hydrogen-bond acceptors (Lipinski definition) is 2. The number of anilines is 2. The molecule has 2 nitrogen and oxygen atoms in total. The number of aromatic nitrogens is 1. The highest BCUT2D eigenvalue weighted by Crippen LogP contribution is 2.24. The van der Waals surface area contributed by atoms with Crippen LogP contribution in [-0.2, 0) is 0 Å². The van der Waals surface area contributed by atoms with Gasteiger partial charge in [0, 0.05) is 23.4 Å². The molecule has 2 aromatic rings. The Labute approximate surface area is 102 Å². The third kappa shape index (κ3) is 2.39. The molecule has 0 aliphatic carbocycles. The second-order valence-electron chi connectivity index (χ2n) is 3.40. The second kappa shape index (κ2) is 4.61. The highest BCUT2D eigenvalue weighted by Gasteiger charge is 2.04. The molecule has 0 fully saturated rings. The van der Waals surface area contributed by atoms with Crippen molar-refractivity contribution in [3.63, 3.8) is 0 Å². The fraction of sp³-hybridized carbons (Fsp3) is 0.0833. The number of halogens is 2. The standard InChI is InChI=1S/C12H10BrFN2/c1-16(11-4-2-10(14)3-5-11)12-6-9(13)7-15-8-12/h2-8H,1H3. The lowest BCUT2D eigenvalue weighted by Crippen LogP contribution is -2.09. The van der Waals surface area contributed by atoms with Crippen molar-refractivity contribution in [3.8, 4) is 0 Å². The van der Waals surface area contributed by atoms with Crippen molar-refractivity contribution in [2.75, 3.05) is 11.9 Å². The summed E-state index contributed by atoms with van der Waals surface area (Å²) in [7, 11) is 1.91. The highest BCUT2D eigenvalue weighted by molar-refractivity contribution is 9.10. The van der Waals surface area contributed by atoms with Crippen LogP contribution < -0.4 is 4.90 Å². The van der Waals surface area contributed by atoms with Gasteiger partial charge in [-0.15, -0.1) is 0 Å². The molecular formula is C12H10BrFN2. The molecule has 0 spiro atoms. The van der Waals surface area contributed by atoms with Crippen molar-refractivity contribution in [1.82, 2.24) is 4.98 Å². The van der Waals surface area contributed by atoms with E-state index in [9.17, 15) is 4.39 Å². The minimum atomic E-state index is -0.232. The molecule has 0 N–H and O–H groups in total. The summed E-state index contributed by atoms with van der Waals surface area (Å²) in [4.78, 5) is 6.03. The summed E-state index contributed by atoms with van der Waals surface area (Å²) in [6.45, 7) is 0. The minimum absolute atomic E-state index is 0.232. The smallest absolute Gasteiger partial charge is 0.123 e. The number of pyridine rings is 1. The molecule has 4 heteroatoms. The Morgan fingerprint density at radius 2 is 1.81 bits per heavy atom. The quantitative estimate of drug-likeness (QED) is 0.833. The van der Waals surface area contributed by atoms with Gasteiger partial charge in [0.25, 0.3) is 0 Å². The molecule has 1 heterocycles. The molecule has 16 heavy (non-hydrogen) atoms. The van der Waals surface area contributed by atoms with E-state index in [0.717, 1.165) is 15.8 Å². The molecule has 0 saturated heterocycles. The zero-order valence-electron chi connectivity index (χ0n) is 8.69. The summed E-state index contributed by atoms with van der Waals surface area (Å²) in [6, 6.07) is 8.30. The predicted octanol–water partition coefficient (Wildman–Crippen LogP) is 3.75. The van der Waals surface area contributed by atoms with Crippen molar-refractivity contribution in [2.24, 2.45) is 0 Å². The maximum Gasteiger partial charge on any atom is 0.123 e. The van der Waals surface area contributed by atoms with Gasteiger partial charge in [-0.3, -0.25) is 4.98 Å². The van der Waals surface area contributed by atoms with E-state index in [2.05, 4.69) is 20.9 Å². The fourth-order valence-corrected chi connectivity index (χ4v) is 1.75. The summed E-state index contributed by atoms with van der Waals surface area (Å²) in [5.74, 6) is -0.232. The SMILES string of the molecule is CN(c1ccc(F)cc1)c1cncc(Br)c1. The summed E-state index contributed by atoms with van der Waals surface area (Å²) in [5.41, 5.74) is 1.86. The van der Waals surface area contributed by atoms with E-state index >= 15 is 0 Å². The lowest BCUT2D eigenvalue weighted by molar-refractivity contribution is 0.628. The van der Waals surface area contributed by atoms with Crippen molar-refractivity contribution >= 4 is 27.3 Å². The third-order valence-corrected chi connectivity index (χ3v) is 2.73. The van der Waals surface area contributed by atoms with Crippen molar-refractivity contribution in [3.05, 3.63) is 53.0 Å². The van der Waals surface area contributed by atoms with Gasteiger partial charge in [-0.25, -0.2) is 4.39 Å². The van der Waals surface area contributed by atoms with Crippen molar-refractivity contribution < 1.29 is 4.39 Å². The molecule has 0 amide bonds. The Morgan fingerprint density at radius 1 is 1.12 bits per heavy atom. The fourth-order valence-electron chi connectivity index (χ4n) is 1.40. The molecule has 0 aliphatic heterocycles. The van der Waals surface area contributed by atoms with Crippen LogP contribution >= 0.6 is 15.9 Å². The van der Waals surface area contributed by atoms with Gasteiger partial charge < -0.3 is 4.90 Å². The first-order valence-corrected chi connectivity index (χ1v) is 5.56. The van der Waals surface area contributed by atoms with Crippen LogP contribution in [0.2, 0.25) is 0 Å². The summed E-state index contributed by atoms with van der Waals surface area (Å²) in [5, 5.41) is 0. The van der Waals surface area contributed by atoms with E-state index in [1.165, 1.54) is 12.1 Å². The average Bonchev–Trinajstić information content (AvgIpc) is 2.29. The summed E-state index contributed by atoms with van der Waals surface area (Å²) in [6.07, 6.45) is 3.48. The summed E-state index contributed by atoms with van der Waals surface area (Å²) < 4.78 is 13.7. The first-order chi connectivity index (χ1) is 7.66. The number of hydrogen-bond donors (Lipinski definition) is 0. The molecule has 0 saturated carbocycles. The van der Waals surface area contributed by atoms with Gasteiger partial charge >= 0.3 is 0 Å². The van der Waals surface area contributed by atoms with Crippen LogP contribution in [0.25, 0.3) is 0 Å². The van der Waals surface area contributed by atoms with E-state index < -0.39 is 0 Å². The maximum atomic E-state index is 12.8. The number of benzene rings is 1. The van der Waals surface area contributed by atoms with Gasteiger partial charge in [-0.1, -0.05) is 0 Å². The van der Waals surface area contributed by atoms with Crippen LogP contribution in [0.3, 0.4) is 0 Å². The van der Waals surface area contributed by atoms with Crippen molar-refractivity contribution in [2.45, 2.75) is 0 Å². The van der Waals surface area contributed by atoms with E-state index in [1.807, 2.05) is 18.0 Å². The molecule has 82 valence electrons. The molecule has 0 bridgehead atoms. The van der Waals surface area contributed by atoms with Crippen LogP contribution in [0.15, 0.2) is 47.2 Å². The summed E-state index contributed by atoms with van der Waals surface area (Å²) >= 11 is 3.37. The van der Waals surface area contributed by atoms with Gasteiger partial charge in [-0.05, 0) is 46.3 Å². The second-order valence-corrected chi connectivity index (χ2v) is 4.31. The average molecular weight is 281 g/mol. The lowest BCUT2D eigenvalue weighted by atomic mass is 10.2. The van der Waals surface area contributed by atoms with Gasteiger partial charge in [0.2, 0.25) is 0 Å². The maximum absolute atomic E-state index is 12.8. The largest absolute Gasteiger partial charge is 0.343 e. The van der Waals surface area contributed by atoms with E-state index in [0.29, 0.717) is 0 Å². The van der Waals surface area contributed by atoms with E-state index in [-0.39, 0.29) is 5.82 Å². The Balaban J connectivity index is 2.31. The van der Waals surface area contributed by atoms with Crippen LogP contribution in [0, 0.1) is 5.82 Å². The normalized spacial score (nSPS) is 10.2. The zero-order chi connectivity index (χ0) is 11.5. The number of nitrogens with zero attached hydrogens (tertiary/aromatic N) is 2. The highest BCUT2D eigenvalue weighted by atomic mass is 79.9. The van der Waals surface area contributed by atoms with Gasteiger partial charge in [-0.2, -0.15) is 0 Å². The number of rotatable bonds is 2. The molecule has 0 radical (unpaired) electrons. The predicted molar refractivity (Wildman–Crippen MR) is 66.4 cm³/mol. The van der Waals surface area contributed by atoms with Gasteiger partial charge in [0.05, 0.1) is 11.9 Å². The van der Waals surface area contributed by atoms with Gasteiger partial charge in [0.15, 0.2) is 0 Å². The monoisotopic (exact) mass is 280 g/mol. The van der Waals surface area contributed by atoms with Crippen LogP contribution in [0.4, 0.5) is 15.8 Å². The van der Waals surface area contributed by atoms with Crippen LogP contribution in [-0.4, -0.2) is 12.0 Å². The molecule has 0 unspecified atom stereocenters. The topological polar surface area (TPSA) is 16.1 Å². The Kier molecular flexibility index (Phi) is 3.19. The zero-order valence-corrected chi connectivity index (χ0v) is 10.3. The van der Waals surface area contributed by atoms with Crippen LogP contribution in [0.5, 0.6) is 0 Å². The molecule has 2 rings (SSSR count). The van der Waals surface area contributed by atoms with Gasteiger partial charge in [0.1, 0.15) is 5.82 Å². The Morgan fingerprint density at radius 3 is 2.44 bits per heavy atom. The Hall–Kier alpha value is -1.42. The first-order valence-electron chi connectivity index (χ1n) is 4.76. The van der Waals surface area contributed by atoms with Crippen molar-refractivity contribution in [1.29, 1.82) is 0 Å². The Bertz CT molecular complexity index is 485. The molecule has 0 atom stereocenters. The van der Waals surface area contributed by atoms with E-state index in [4.69, 9.17) is 0 Å². The third-order valence-electron chi connectivity index (χ3n) is 2.29. The molecule has 1 aromatic carbocycles. The lowest BCUT2D eigenvalue weighted by Gasteiger charge is -2.19. The van der Waals surface area contributed by atoms with Crippen LogP contribution in [0.1, 0.15) is 0 Å². The molecule has 1 aromatic heterocycles. The first kappa shape index (κ1) is 11.1. The molecular weight excluding hydrogens is 271 g/mol. The van der Waals surface area contributed by atoms with E-state index in [1.54, 1.807) is 24.5 Å². The molecule has 0 aliphatic rings.